The average molecular weight is 332 g/mol. The fourth-order valence-electron chi connectivity index (χ4n) is 2.76. The van der Waals surface area contributed by atoms with Gasteiger partial charge in [0.1, 0.15) is 17.4 Å². The Labute approximate surface area is 139 Å². The van der Waals surface area contributed by atoms with Crippen molar-refractivity contribution in [2.45, 2.75) is 31.9 Å². The van der Waals surface area contributed by atoms with Gasteiger partial charge in [-0.25, -0.2) is 4.68 Å². The van der Waals surface area contributed by atoms with Gasteiger partial charge in [-0.15, -0.1) is 5.10 Å². The summed E-state index contributed by atoms with van der Waals surface area (Å²) < 4.78 is 1.74. The summed E-state index contributed by atoms with van der Waals surface area (Å²) >= 11 is 6.10. The van der Waals surface area contributed by atoms with Crippen molar-refractivity contribution in [3.05, 3.63) is 40.7 Å². The second-order valence-corrected chi connectivity index (χ2v) is 6.56. The number of nitrogens with zero attached hydrogens (tertiary/aromatic N) is 5. The van der Waals surface area contributed by atoms with Crippen LogP contribution in [0.15, 0.2) is 24.4 Å². The lowest BCUT2D eigenvalue weighted by molar-refractivity contribution is 0.0559. The van der Waals surface area contributed by atoms with Gasteiger partial charge in [-0.3, -0.25) is 0 Å². The number of aromatic nitrogens is 3. The van der Waals surface area contributed by atoms with Gasteiger partial charge in [0, 0.05) is 24.7 Å². The van der Waals surface area contributed by atoms with Gasteiger partial charge in [0.25, 0.3) is 0 Å². The molecule has 0 bridgehead atoms. The first-order valence-electron chi connectivity index (χ1n) is 7.52. The highest BCUT2D eigenvalue weighted by molar-refractivity contribution is 6.32. The highest BCUT2D eigenvalue weighted by Crippen LogP contribution is 2.35. The fraction of sp³-hybridized carbons (Fsp3) is 0.438. The molecule has 1 saturated heterocycles. The monoisotopic (exact) mass is 331 g/mol. The maximum absolute atomic E-state index is 10.9. The Bertz CT molecular complexity index is 766. The minimum Gasteiger partial charge on any atom is -0.381 e. The van der Waals surface area contributed by atoms with E-state index in [1.165, 1.54) is 0 Å². The summed E-state index contributed by atoms with van der Waals surface area (Å²) in [6.45, 7) is 5.14. The summed E-state index contributed by atoms with van der Waals surface area (Å²) in [5, 5.41) is 28.5. The zero-order valence-corrected chi connectivity index (χ0v) is 13.8. The molecule has 0 aliphatic carbocycles. The van der Waals surface area contributed by atoms with E-state index in [4.69, 9.17) is 16.9 Å². The first-order chi connectivity index (χ1) is 10.9. The first kappa shape index (κ1) is 15.8. The van der Waals surface area contributed by atoms with Crippen molar-refractivity contribution in [3.63, 3.8) is 0 Å². The standard InChI is InChI=1S/C16H18ClN5O/c1-11(2)22-9-15(19-20-22)16(23)5-6-21(10-16)13-4-3-12(8-18)14(17)7-13/h3-4,7,9,11,23H,5-6,10H2,1-2H3. The first-order valence-corrected chi connectivity index (χ1v) is 7.90. The zero-order valence-electron chi connectivity index (χ0n) is 13.1. The summed E-state index contributed by atoms with van der Waals surface area (Å²) in [6, 6.07) is 7.56. The summed E-state index contributed by atoms with van der Waals surface area (Å²) in [5.74, 6) is 0. The molecule has 1 fully saturated rings. The van der Waals surface area contributed by atoms with Gasteiger partial charge in [0.2, 0.25) is 0 Å². The third-order valence-corrected chi connectivity index (χ3v) is 4.51. The van der Waals surface area contributed by atoms with E-state index < -0.39 is 5.60 Å². The predicted octanol–water partition coefficient (Wildman–Crippen LogP) is 2.48. The molecule has 1 aromatic carbocycles. The van der Waals surface area contributed by atoms with E-state index in [2.05, 4.69) is 10.3 Å². The maximum Gasteiger partial charge on any atom is 0.129 e. The van der Waals surface area contributed by atoms with Crippen LogP contribution < -0.4 is 4.90 Å². The van der Waals surface area contributed by atoms with Crippen LogP contribution in [0.3, 0.4) is 0 Å². The molecule has 1 aromatic heterocycles. The third-order valence-electron chi connectivity index (χ3n) is 4.20. The van der Waals surface area contributed by atoms with Gasteiger partial charge in [-0.1, -0.05) is 16.8 Å². The number of nitriles is 1. The van der Waals surface area contributed by atoms with Crippen molar-refractivity contribution >= 4 is 17.3 Å². The van der Waals surface area contributed by atoms with Crippen LogP contribution in [0.2, 0.25) is 5.02 Å². The molecule has 7 heteroatoms. The molecule has 0 spiro atoms. The summed E-state index contributed by atoms with van der Waals surface area (Å²) in [6.07, 6.45) is 2.38. The van der Waals surface area contributed by atoms with Gasteiger partial charge < -0.3 is 10.0 Å². The van der Waals surface area contributed by atoms with Gasteiger partial charge in [-0.2, -0.15) is 5.26 Å². The normalized spacial score (nSPS) is 21.0. The molecule has 1 atom stereocenters. The van der Waals surface area contributed by atoms with Crippen LogP contribution >= 0.6 is 11.6 Å². The molecule has 6 nitrogen and oxygen atoms in total. The maximum atomic E-state index is 10.9. The van der Waals surface area contributed by atoms with E-state index in [1.807, 2.05) is 30.9 Å². The van der Waals surface area contributed by atoms with Crippen LogP contribution in [-0.4, -0.2) is 33.2 Å². The number of aliphatic hydroxyl groups is 1. The van der Waals surface area contributed by atoms with Gasteiger partial charge in [0.15, 0.2) is 0 Å². The highest BCUT2D eigenvalue weighted by atomic mass is 35.5. The topological polar surface area (TPSA) is 78.0 Å². The van der Waals surface area contributed by atoms with Crippen LogP contribution in [0.4, 0.5) is 5.69 Å². The van der Waals surface area contributed by atoms with Crippen LogP contribution in [0.5, 0.6) is 0 Å². The van der Waals surface area contributed by atoms with Crippen LogP contribution in [0, 0.1) is 11.3 Å². The molecule has 0 radical (unpaired) electrons. The largest absolute Gasteiger partial charge is 0.381 e. The molecule has 1 aliphatic heterocycles. The lowest BCUT2D eigenvalue weighted by Crippen LogP contribution is -2.31. The second kappa shape index (κ2) is 5.84. The van der Waals surface area contributed by atoms with E-state index in [-0.39, 0.29) is 6.04 Å². The van der Waals surface area contributed by atoms with Crippen molar-refractivity contribution in [3.8, 4) is 6.07 Å². The Balaban J connectivity index is 1.82. The number of halogens is 1. The number of hydrogen-bond acceptors (Lipinski definition) is 5. The molecular formula is C16H18ClN5O. The van der Waals surface area contributed by atoms with Gasteiger partial charge in [-0.05, 0) is 32.0 Å². The minimum atomic E-state index is -1.02. The quantitative estimate of drug-likeness (QED) is 0.934. The summed E-state index contributed by atoms with van der Waals surface area (Å²) in [5.41, 5.74) is 0.910. The molecule has 3 rings (SSSR count). The third kappa shape index (κ3) is 2.90. The second-order valence-electron chi connectivity index (χ2n) is 6.16. The number of β-amino-alcohol motifs (C(OH)–C–C–N with tert-alkyl or cyclic N) is 1. The Kier molecular flexibility index (Phi) is 4.00. The smallest absolute Gasteiger partial charge is 0.129 e. The molecular weight excluding hydrogens is 314 g/mol. The predicted molar refractivity (Wildman–Crippen MR) is 87.3 cm³/mol. The van der Waals surface area contributed by atoms with Crippen LogP contribution in [0.25, 0.3) is 0 Å². The lowest BCUT2D eigenvalue weighted by atomic mass is 10.00. The molecule has 120 valence electrons. The van der Waals surface area contributed by atoms with E-state index in [1.54, 1.807) is 23.0 Å². The molecule has 0 saturated carbocycles. The van der Waals surface area contributed by atoms with Crippen molar-refractivity contribution in [1.82, 2.24) is 15.0 Å². The van der Waals surface area contributed by atoms with Crippen molar-refractivity contribution in [2.75, 3.05) is 18.0 Å². The molecule has 2 heterocycles. The molecule has 1 aliphatic rings. The fourth-order valence-corrected chi connectivity index (χ4v) is 2.97. The van der Waals surface area contributed by atoms with Gasteiger partial charge in [0.05, 0.1) is 23.3 Å². The molecule has 1 unspecified atom stereocenters. The Morgan fingerprint density at radius 3 is 2.83 bits per heavy atom. The van der Waals surface area contributed by atoms with Crippen molar-refractivity contribution < 1.29 is 5.11 Å². The van der Waals surface area contributed by atoms with E-state index in [0.717, 1.165) is 5.69 Å². The molecule has 2 aromatic rings. The number of rotatable bonds is 3. The minimum absolute atomic E-state index is 0.203. The molecule has 1 N–H and O–H groups in total. The lowest BCUT2D eigenvalue weighted by Gasteiger charge is -2.22. The average Bonchev–Trinajstić information content (AvgIpc) is 3.15. The van der Waals surface area contributed by atoms with E-state index >= 15 is 0 Å². The SMILES string of the molecule is CC(C)n1cc(C2(O)CCN(c3ccc(C#N)c(Cl)c3)C2)nn1. The molecule has 0 amide bonds. The van der Waals surface area contributed by atoms with Crippen molar-refractivity contribution in [1.29, 1.82) is 5.26 Å². The Morgan fingerprint density at radius 2 is 2.22 bits per heavy atom. The summed E-state index contributed by atoms with van der Waals surface area (Å²) in [4.78, 5) is 2.04. The zero-order chi connectivity index (χ0) is 16.6. The van der Waals surface area contributed by atoms with Crippen molar-refractivity contribution in [2.24, 2.45) is 0 Å². The van der Waals surface area contributed by atoms with Crippen LogP contribution in [0.1, 0.15) is 37.6 Å². The number of hydrogen-bond donors (Lipinski definition) is 1. The highest BCUT2D eigenvalue weighted by Gasteiger charge is 2.40. The number of benzene rings is 1. The van der Waals surface area contributed by atoms with E-state index in [9.17, 15) is 5.11 Å². The van der Waals surface area contributed by atoms with Crippen LogP contribution in [-0.2, 0) is 5.60 Å². The number of anilines is 1. The Hall–Kier alpha value is -2.10. The van der Waals surface area contributed by atoms with E-state index in [0.29, 0.717) is 35.8 Å². The van der Waals surface area contributed by atoms with Gasteiger partial charge >= 0.3 is 0 Å². The Morgan fingerprint density at radius 1 is 1.43 bits per heavy atom. The molecule has 23 heavy (non-hydrogen) atoms. The summed E-state index contributed by atoms with van der Waals surface area (Å²) in [7, 11) is 0.